The zero-order valence-electron chi connectivity index (χ0n) is 9.99. The van der Waals surface area contributed by atoms with Gasteiger partial charge in [0.05, 0.1) is 6.04 Å². The molecule has 1 rings (SSSR count). The van der Waals surface area contributed by atoms with Crippen LogP contribution in [0.2, 0.25) is 0 Å². The van der Waals surface area contributed by atoms with Crippen LogP contribution in [-0.2, 0) is 11.3 Å². The van der Waals surface area contributed by atoms with E-state index in [1.807, 2.05) is 0 Å². The molecular weight excluding hydrogens is 218 g/mol. The maximum Gasteiger partial charge on any atom is 0.251 e. The number of carbonyl (C=O) groups excluding carboxylic acids is 2. The summed E-state index contributed by atoms with van der Waals surface area (Å²) in [7, 11) is 1.58. The predicted octanol–water partition coefficient (Wildman–Crippen LogP) is 0.00960. The van der Waals surface area contributed by atoms with Gasteiger partial charge in [-0.05, 0) is 24.6 Å². The first kappa shape index (κ1) is 13.2. The highest BCUT2D eigenvalue weighted by molar-refractivity contribution is 5.93. The van der Waals surface area contributed by atoms with E-state index in [0.29, 0.717) is 12.1 Å². The van der Waals surface area contributed by atoms with Crippen molar-refractivity contribution in [2.75, 3.05) is 7.05 Å². The summed E-state index contributed by atoms with van der Waals surface area (Å²) in [5.74, 6) is -0.323. The standard InChI is InChI=1S/C12H17N3O2/c1-8(13)11(16)15-7-9-3-5-10(6-4-9)12(17)14-2/h3-6,8H,7,13H2,1-2H3,(H,14,17)(H,15,16)/t8-/m1/s1. The van der Waals surface area contributed by atoms with Crippen molar-refractivity contribution in [2.24, 2.45) is 5.73 Å². The van der Waals surface area contributed by atoms with Crippen LogP contribution in [0.1, 0.15) is 22.8 Å². The Bertz CT molecular complexity index is 399. The third-order valence-electron chi connectivity index (χ3n) is 2.32. The lowest BCUT2D eigenvalue weighted by atomic mass is 10.1. The SMILES string of the molecule is CNC(=O)c1ccc(CNC(=O)[C@@H](C)N)cc1. The van der Waals surface area contributed by atoms with Crippen molar-refractivity contribution in [3.8, 4) is 0 Å². The second kappa shape index (κ2) is 6.00. The molecule has 2 amide bonds. The number of carbonyl (C=O) groups is 2. The number of benzene rings is 1. The van der Waals surface area contributed by atoms with Crippen LogP contribution < -0.4 is 16.4 Å². The normalized spacial score (nSPS) is 11.7. The molecule has 4 N–H and O–H groups in total. The summed E-state index contributed by atoms with van der Waals surface area (Å²) in [5, 5.41) is 5.24. The Labute approximate surface area is 100 Å². The predicted molar refractivity (Wildman–Crippen MR) is 65.3 cm³/mol. The Hall–Kier alpha value is -1.88. The Morgan fingerprint density at radius 1 is 1.29 bits per heavy atom. The summed E-state index contributed by atoms with van der Waals surface area (Å²) in [6.45, 7) is 2.04. The van der Waals surface area contributed by atoms with Gasteiger partial charge in [-0.25, -0.2) is 0 Å². The van der Waals surface area contributed by atoms with Gasteiger partial charge in [-0.15, -0.1) is 0 Å². The van der Waals surface area contributed by atoms with Gasteiger partial charge in [-0.1, -0.05) is 12.1 Å². The van der Waals surface area contributed by atoms with Crippen molar-refractivity contribution < 1.29 is 9.59 Å². The van der Waals surface area contributed by atoms with Crippen molar-refractivity contribution in [1.82, 2.24) is 10.6 Å². The molecule has 17 heavy (non-hydrogen) atoms. The van der Waals surface area contributed by atoms with Crippen LogP contribution in [0.5, 0.6) is 0 Å². The highest BCUT2D eigenvalue weighted by atomic mass is 16.2. The molecule has 0 aliphatic carbocycles. The van der Waals surface area contributed by atoms with Gasteiger partial charge in [0, 0.05) is 19.2 Å². The third-order valence-corrected chi connectivity index (χ3v) is 2.32. The van der Waals surface area contributed by atoms with Crippen molar-refractivity contribution in [3.05, 3.63) is 35.4 Å². The molecule has 0 aliphatic heterocycles. The van der Waals surface area contributed by atoms with Crippen LogP contribution in [0.25, 0.3) is 0 Å². The molecule has 0 fully saturated rings. The lowest BCUT2D eigenvalue weighted by Gasteiger charge is -2.08. The van der Waals surface area contributed by atoms with E-state index >= 15 is 0 Å². The Kier molecular flexibility index (Phi) is 4.66. The van der Waals surface area contributed by atoms with Crippen molar-refractivity contribution in [2.45, 2.75) is 19.5 Å². The third kappa shape index (κ3) is 3.88. The van der Waals surface area contributed by atoms with Crippen LogP contribution in [0.4, 0.5) is 0 Å². The average molecular weight is 235 g/mol. The number of hydrogen-bond donors (Lipinski definition) is 3. The van der Waals surface area contributed by atoms with Gasteiger partial charge in [-0.3, -0.25) is 9.59 Å². The number of nitrogens with two attached hydrogens (primary N) is 1. The monoisotopic (exact) mass is 235 g/mol. The molecule has 0 heterocycles. The quantitative estimate of drug-likeness (QED) is 0.687. The first-order valence-corrected chi connectivity index (χ1v) is 5.39. The maximum atomic E-state index is 11.3. The minimum Gasteiger partial charge on any atom is -0.355 e. The van der Waals surface area contributed by atoms with Crippen LogP contribution in [-0.4, -0.2) is 24.9 Å². The van der Waals surface area contributed by atoms with Crippen LogP contribution >= 0.6 is 0 Å². The van der Waals surface area contributed by atoms with E-state index in [0.717, 1.165) is 5.56 Å². The lowest BCUT2D eigenvalue weighted by Crippen LogP contribution is -2.37. The topological polar surface area (TPSA) is 84.2 Å². The summed E-state index contributed by atoms with van der Waals surface area (Å²) in [5.41, 5.74) is 6.93. The number of hydrogen-bond acceptors (Lipinski definition) is 3. The molecule has 92 valence electrons. The fraction of sp³-hybridized carbons (Fsp3) is 0.333. The van der Waals surface area contributed by atoms with Crippen molar-refractivity contribution in [3.63, 3.8) is 0 Å². The van der Waals surface area contributed by atoms with Crippen LogP contribution in [0.15, 0.2) is 24.3 Å². The van der Waals surface area contributed by atoms with Gasteiger partial charge in [0.15, 0.2) is 0 Å². The molecule has 5 heteroatoms. The average Bonchev–Trinajstić information content (AvgIpc) is 2.35. The van der Waals surface area contributed by atoms with Crippen molar-refractivity contribution in [1.29, 1.82) is 0 Å². The van der Waals surface area contributed by atoms with Gasteiger partial charge in [0.1, 0.15) is 0 Å². The van der Waals surface area contributed by atoms with E-state index in [-0.39, 0.29) is 11.8 Å². The molecule has 1 aromatic rings. The first-order valence-electron chi connectivity index (χ1n) is 5.39. The Morgan fingerprint density at radius 3 is 2.35 bits per heavy atom. The molecule has 1 aromatic carbocycles. The molecule has 0 spiro atoms. The van der Waals surface area contributed by atoms with Crippen LogP contribution in [0.3, 0.4) is 0 Å². The second-order valence-corrected chi connectivity index (χ2v) is 3.78. The van der Waals surface area contributed by atoms with E-state index in [4.69, 9.17) is 5.73 Å². The lowest BCUT2D eigenvalue weighted by molar-refractivity contribution is -0.122. The largest absolute Gasteiger partial charge is 0.355 e. The summed E-state index contributed by atoms with van der Waals surface area (Å²) in [4.78, 5) is 22.5. The highest BCUT2D eigenvalue weighted by Crippen LogP contribution is 2.04. The Morgan fingerprint density at radius 2 is 1.88 bits per heavy atom. The smallest absolute Gasteiger partial charge is 0.251 e. The summed E-state index contributed by atoms with van der Waals surface area (Å²) in [6.07, 6.45) is 0. The van der Waals surface area contributed by atoms with Gasteiger partial charge < -0.3 is 16.4 Å². The minimum absolute atomic E-state index is 0.129. The van der Waals surface area contributed by atoms with E-state index < -0.39 is 6.04 Å². The molecule has 5 nitrogen and oxygen atoms in total. The zero-order valence-corrected chi connectivity index (χ0v) is 9.99. The molecule has 0 saturated heterocycles. The molecule has 0 bridgehead atoms. The highest BCUT2D eigenvalue weighted by Gasteiger charge is 2.06. The van der Waals surface area contributed by atoms with Gasteiger partial charge >= 0.3 is 0 Å². The summed E-state index contributed by atoms with van der Waals surface area (Å²) >= 11 is 0. The fourth-order valence-corrected chi connectivity index (χ4v) is 1.27. The summed E-state index contributed by atoms with van der Waals surface area (Å²) < 4.78 is 0. The number of nitrogens with one attached hydrogen (secondary N) is 2. The molecule has 0 aromatic heterocycles. The zero-order chi connectivity index (χ0) is 12.8. The molecule has 0 saturated carbocycles. The molecular formula is C12H17N3O2. The van der Waals surface area contributed by atoms with Gasteiger partial charge in [-0.2, -0.15) is 0 Å². The minimum atomic E-state index is -0.514. The van der Waals surface area contributed by atoms with Crippen molar-refractivity contribution >= 4 is 11.8 Å². The first-order chi connectivity index (χ1) is 8.04. The molecule has 0 aliphatic rings. The molecule has 1 atom stereocenters. The van der Waals surface area contributed by atoms with Gasteiger partial charge in [0.25, 0.3) is 5.91 Å². The van der Waals surface area contributed by atoms with E-state index in [1.54, 1.807) is 38.2 Å². The Balaban J connectivity index is 2.57. The molecule has 0 unspecified atom stereocenters. The molecule has 0 radical (unpaired) electrons. The summed E-state index contributed by atoms with van der Waals surface area (Å²) in [6, 6.07) is 6.51. The second-order valence-electron chi connectivity index (χ2n) is 3.78. The van der Waals surface area contributed by atoms with Gasteiger partial charge in [0.2, 0.25) is 5.91 Å². The van der Waals surface area contributed by atoms with E-state index in [9.17, 15) is 9.59 Å². The van der Waals surface area contributed by atoms with E-state index in [1.165, 1.54) is 0 Å². The number of rotatable bonds is 4. The maximum absolute atomic E-state index is 11.3. The van der Waals surface area contributed by atoms with E-state index in [2.05, 4.69) is 10.6 Å². The van der Waals surface area contributed by atoms with Crippen LogP contribution in [0, 0.1) is 0 Å². The number of amides is 2. The fourth-order valence-electron chi connectivity index (χ4n) is 1.27.